The maximum atomic E-state index is 11.9. The first kappa shape index (κ1) is 14.3. The van der Waals surface area contributed by atoms with Crippen LogP contribution >= 0.6 is 12.2 Å². The summed E-state index contributed by atoms with van der Waals surface area (Å²) in [6, 6.07) is 1.67. The summed E-state index contributed by atoms with van der Waals surface area (Å²) in [5, 5.41) is 2.58. The highest BCUT2D eigenvalue weighted by atomic mass is 32.1. The van der Waals surface area contributed by atoms with Crippen LogP contribution in [-0.2, 0) is 4.79 Å². The fraction of sp³-hybridized carbons (Fsp3) is 0.455. The molecule has 0 spiro atoms. The van der Waals surface area contributed by atoms with Crippen LogP contribution in [0.1, 0.15) is 19.0 Å². The third kappa shape index (κ3) is 3.63. The highest BCUT2D eigenvalue weighted by molar-refractivity contribution is 7.80. The van der Waals surface area contributed by atoms with Gasteiger partial charge in [-0.1, -0.05) is 19.1 Å². The fourth-order valence-electron chi connectivity index (χ4n) is 1.41. The lowest BCUT2D eigenvalue weighted by molar-refractivity contribution is -0.118. The Bertz CT molecular complexity index is 464. The van der Waals surface area contributed by atoms with Crippen LogP contribution in [0.5, 0.6) is 5.88 Å². The van der Waals surface area contributed by atoms with E-state index in [9.17, 15) is 4.79 Å². The first-order valence-corrected chi connectivity index (χ1v) is 5.88. The molecule has 1 aromatic rings. The molecule has 1 atom stereocenters. The van der Waals surface area contributed by atoms with Crippen molar-refractivity contribution >= 4 is 29.1 Å². The Morgan fingerprint density at radius 3 is 2.78 bits per heavy atom. The van der Waals surface area contributed by atoms with Gasteiger partial charge in [-0.3, -0.25) is 10.1 Å². The van der Waals surface area contributed by atoms with Crippen LogP contribution in [0, 0.1) is 12.8 Å². The van der Waals surface area contributed by atoms with Gasteiger partial charge < -0.3 is 10.5 Å². The van der Waals surface area contributed by atoms with E-state index in [4.69, 9.17) is 22.7 Å². The minimum atomic E-state index is -0.518. The van der Waals surface area contributed by atoms with Crippen LogP contribution < -0.4 is 15.8 Å². The molecule has 1 unspecified atom stereocenters. The van der Waals surface area contributed by atoms with Gasteiger partial charge in [0.05, 0.1) is 18.0 Å². The zero-order valence-electron chi connectivity index (χ0n) is 10.6. The number of rotatable bonds is 5. The lowest BCUT2D eigenvalue weighted by atomic mass is 10.1. The molecule has 6 nitrogen and oxygen atoms in total. The van der Waals surface area contributed by atoms with Gasteiger partial charge in [-0.15, -0.1) is 0 Å². The number of ether oxygens (including phenoxy) is 1. The van der Waals surface area contributed by atoms with Gasteiger partial charge in [-0.2, -0.15) is 4.98 Å². The lowest BCUT2D eigenvalue weighted by Crippen LogP contribution is -2.33. The molecular weight excluding hydrogens is 252 g/mol. The Kier molecular flexibility index (Phi) is 4.96. The SMILES string of the molecule is CCC(C(=O)Nc1nc(C)cc(OC)n1)C(N)=S. The van der Waals surface area contributed by atoms with E-state index in [0.717, 1.165) is 0 Å². The number of methoxy groups -OCH3 is 1. The summed E-state index contributed by atoms with van der Waals surface area (Å²) in [4.78, 5) is 20.2. The van der Waals surface area contributed by atoms with Crippen molar-refractivity contribution in [3.8, 4) is 5.88 Å². The minimum absolute atomic E-state index is 0.162. The van der Waals surface area contributed by atoms with Crippen molar-refractivity contribution < 1.29 is 9.53 Å². The highest BCUT2D eigenvalue weighted by Crippen LogP contribution is 2.13. The third-order valence-electron chi connectivity index (χ3n) is 2.34. The summed E-state index contributed by atoms with van der Waals surface area (Å²) >= 11 is 4.83. The second-order valence-corrected chi connectivity index (χ2v) is 4.20. The summed E-state index contributed by atoms with van der Waals surface area (Å²) in [7, 11) is 1.50. The van der Waals surface area contributed by atoms with Crippen molar-refractivity contribution in [2.24, 2.45) is 11.7 Å². The number of hydrogen-bond donors (Lipinski definition) is 2. The van der Waals surface area contributed by atoms with Gasteiger partial charge in [0.2, 0.25) is 17.7 Å². The maximum absolute atomic E-state index is 11.9. The zero-order chi connectivity index (χ0) is 13.7. The average Bonchev–Trinajstić information content (AvgIpc) is 2.28. The van der Waals surface area contributed by atoms with Gasteiger partial charge in [0.1, 0.15) is 0 Å². The number of nitrogens with two attached hydrogens (primary N) is 1. The minimum Gasteiger partial charge on any atom is -0.481 e. The molecule has 1 aromatic heterocycles. The van der Waals surface area contributed by atoms with Crippen molar-refractivity contribution in [1.82, 2.24) is 9.97 Å². The van der Waals surface area contributed by atoms with Crippen molar-refractivity contribution in [1.29, 1.82) is 0 Å². The third-order valence-corrected chi connectivity index (χ3v) is 2.63. The summed E-state index contributed by atoms with van der Waals surface area (Å²) in [6.45, 7) is 3.62. The first-order valence-electron chi connectivity index (χ1n) is 5.47. The number of anilines is 1. The molecule has 0 aromatic carbocycles. The average molecular weight is 268 g/mol. The van der Waals surface area contributed by atoms with Gasteiger partial charge in [-0.05, 0) is 13.3 Å². The molecule has 0 aliphatic carbocycles. The standard InChI is InChI=1S/C11H16N4O2S/c1-4-7(9(12)18)10(16)15-11-13-6(2)5-8(14-11)17-3/h5,7H,4H2,1-3H3,(H2,12,18)(H,13,14,15,16). The molecule has 1 rings (SSSR count). The number of carbonyl (C=O) groups excluding carboxylic acids is 1. The summed E-state index contributed by atoms with van der Waals surface area (Å²) in [5.41, 5.74) is 6.19. The second-order valence-electron chi connectivity index (χ2n) is 3.73. The van der Waals surface area contributed by atoms with E-state index in [1.54, 1.807) is 13.0 Å². The van der Waals surface area contributed by atoms with Crippen LogP contribution in [0.3, 0.4) is 0 Å². The number of nitrogens with one attached hydrogen (secondary N) is 1. The predicted molar refractivity (Wildman–Crippen MR) is 72.5 cm³/mol. The molecule has 98 valence electrons. The molecule has 3 N–H and O–H groups in total. The molecule has 0 saturated carbocycles. The Hall–Kier alpha value is -1.76. The van der Waals surface area contributed by atoms with E-state index >= 15 is 0 Å². The van der Waals surface area contributed by atoms with Crippen LogP contribution in [0.25, 0.3) is 0 Å². The Labute approximate surface area is 111 Å². The zero-order valence-corrected chi connectivity index (χ0v) is 11.4. The van der Waals surface area contributed by atoms with Crippen molar-refractivity contribution in [2.45, 2.75) is 20.3 Å². The highest BCUT2D eigenvalue weighted by Gasteiger charge is 2.20. The van der Waals surface area contributed by atoms with Gasteiger partial charge in [-0.25, -0.2) is 4.98 Å². The molecule has 0 fully saturated rings. The number of carbonyl (C=O) groups is 1. The number of aryl methyl sites for hydroxylation is 1. The number of hydrogen-bond acceptors (Lipinski definition) is 5. The first-order chi connectivity index (χ1) is 8.47. The fourth-order valence-corrected chi connectivity index (χ4v) is 1.69. The Balaban J connectivity index is 2.87. The number of thiocarbonyl (C=S) groups is 1. The topological polar surface area (TPSA) is 90.1 Å². The number of amides is 1. The van der Waals surface area contributed by atoms with E-state index < -0.39 is 5.92 Å². The molecular formula is C11H16N4O2S. The molecule has 0 saturated heterocycles. The molecule has 0 aliphatic rings. The van der Waals surface area contributed by atoms with Crippen LogP contribution in [-0.4, -0.2) is 28.0 Å². The van der Waals surface area contributed by atoms with E-state index in [-0.39, 0.29) is 16.8 Å². The Morgan fingerprint density at radius 2 is 2.28 bits per heavy atom. The van der Waals surface area contributed by atoms with Crippen LogP contribution in [0.15, 0.2) is 6.07 Å². The lowest BCUT2D eigenvalue weighted by Gasteiger charge is -2.12. The van der Waals surface area contributed by atoms with Crippen LogP contribution in [0.2, 0.25) is 0 Å². The quantitative estimate of drug-likeness (QED) is 0.776. The normalized spacial score (nSPS) is 11.7. The predicted octanol–water partition coefficient (Wildman–Crippen LogP) is 1.04. The molecule has 0 radical (unpaired) electrons. The Morgan fingerprint density at radius 1 is 1.61 bits per heavy atom. The molecule has 18 heavy (non-hydrogen) atoms. The summed E-state index contributed by atoms with van der Waals surface area (Å²) in [5.74, 6) is -0.250. The largest absolute Gasteiger partial charge is 0.481 e. The number of nitrogens with zero attached hydrogens (tertiary/aromatic N) is 2. The van der Waals surface area contributed by atoms with E-state index in [1.165, 1.54) is 7.11 Å². The van der Waals surface area contributed by atoms with Crippen LogP contribution in [0.4, 0.5) is 5.95 Å². The summed E-state index contributed by atoms with van der Waals surface area (Å²) < 4.78 is 5.00. The van der Waals surface area contributed by atoms with Crippen molar-refractivity contribution in [3.63, 3.8) is 0 Å². The van der Waals surface area contributed by atoms with Gasteiger partial charge >= 0.3 is 0 Å². The van der Waals surface area contributed by atoms with Gasteiger partial charge in [0.15, 0.2) is 0 Å². The molecule has 1 amide bonds. The van der Waals surface area contributed by atoms with Crippen molar-refractivity contribution in [3.05, 3.63) is 11.8 Å². The molecule has 0 bridgehead atoms. The van der Waals surface area contributed by atoms with Gasteiger partial charge in [0, 0.05) is 11.8 Å². The van der Waals surface area contributed by atoms with E-state index in [2.05, 4.69) is 15.3 Å². The summed E-state index contributed by atoms with van der Waals surface area (Å²) in [6.07, 6.45) is 0.532. The maximum Gasteiger partial charge on any atom is 0.236 e. The van der Waals surface area contributed by atoms with E-state index in [1.807, 2.05) is 6.92 Å². The molecule has 1 heterocycles. The monoisotopic (exact) mass is 268 g/mol. The second kappa shape index (κ2) is 6.25. The van der Waals surface area contributed by atoms with Gasteiger partial charge in [0.25, 0.3) is 0 Å². The molecule has 0 aliphatic heterocycles. The smallest absolute Gasteiger partial charge is 0.236 e. The van der Waals surface area contributed by atoms with E-state index in [0.29, 0.717) is 18.0 Å². The molecule has 7 heteroatoms. The number of aromatic nitrogens is 2. The van der Waals surface area contributed by atoms with Crippen molar-refractivity contribution in [2.75, 3.05) is 12.4 Å².